The van der Waals surface area contributed by atoms with Crippen molar-refractivity contribution in [1.29, 1.82) is 0 Å². The number of nitrogens with one attached hydrogen (secondary N) is 1. The molecule has 0 atom stereocenters. The third-order valence-electron chi connectivity index (χ3n) is 4.94. The topological polar surface area (TPSA) is 62.3 Å². The summed E-state index contributed by atoms with van der Waals surface area (Å²) in [6.45, 7) is 4.74. The van der Waals surface area contributed by atoms with Gasteiger partial charge in [0.1, 0.15) is 5.82 Å². The number of aromatic nitrogens is 1. The van der Waals surface area contributed by atoms with Gasteiger partial charge in [-0.1, -0.05) is 44.2 Å². The Morgan fingerprint density at radius 2 is 1.75 bits per heavy atom. The standard InChI is InChI=1S/C26H28FN3O2/c1-19(2)13-26(32)30(18-20-8-10-23(27)11-9-20)24-7-3-5-21(14-24)15-25(31)29-17-22-6-4-12-28-16-22/h3-12,14,16,19H,13,15,17-18H2,1-2H3,(H,29,31). The van der Waals surface area contributed by atoms with Crippen molar-refractivity contribution in [2.45, 2.75) is 39.8 Å². The number of carbonyl (C=O) groups excluding carboxylic acids is 2. The fraction of sp³-hybridized carbons (Fsp3) is 0.269. The number of anilines is 1. The van der Waals surface area contributed by atoms with Crippen LogP contribution in [0.25, 0.3) is 0 Å². The van der Waals surface area contributed by atoms with Crippen LogP contribution in [0.5, 0.6) is 0 Å². The quantitative estimate of drug-likeness (QED) is 0.534. The van der Waals surface area contributed by atoms with Crippen LogP contribution in [0.3, 0.4) is 0 Å². The van der Waals surface area contributed by atoms with Crippen LogP contribution in [0.2, 0.25) is 0 Å². The summed E-state index contributed by atoms with van der Waals surface area (Å²) in [7, 11) is 0. The lowest BCUT2D eigenvalue weighted by atomic mass is 10.1. The molecule has 0 aliphatic heterocycles. The van der Waals surface area contributed by atoms with E-state index in [0.717, 1.165) is 22.4 Å². The van der Waals surface area contributed by atoms with E-state index in [1.165, 1.54) is 12.1 Å². The molecule has 5 nitrogen and oxygen atoms in total. The average Bonchev–Trinajstić information content (AvgIpc) is 2.77. The number of halogens is 1. The first-order valence-electron chi connectivity index (χ1n) is 10.7. The molecule has 1 heterocycles. The minimum atomic E-state index is -0.312. The third kappa shape index (κ3) is 7.01. The first-order valence-corrected chi connectivity index (χ1v) is 10.7. The maximum atomic E-state index is 13.3. The Kier molecular flexibility index (Phi) is 8.08. The van der Waals surface area contributed by atoms with Gasteiger partial charge in [0.15, 0.2) is 0 Å². The van der Waals surface area contributed by atoms with Gasteiger partial charge in [0.05, 0.1) is 13.0 Å². The van der Waals surface area contributed by atoms with Crippen LogP contribution >= 0.6 is 0 Å². The molecule has 166 valence electrons. The predicted octanol–water partition coefficient (Wildman–Crippen LogP) is 4.66. The van der Waals surface area contributed by atoms with Crippen molar-refractivity contribution in [3.63, 3.8) is 0 Å². The van der Waals surface area contributed by atoms with E-state index in [2.05, 4.69) is 10.3 Å². The van der Waals surface area contributed by atoms with Crippen molar-refractivity contribution < 1.29 is 14.0 Å². The van der Waals surface area contributed by atoms with Crippen LogP contribution in [-0.4, -0.2) is 16.8 Å². The Bertz CT molecular complexity index is 1040. The van der Waals surface area contributed by atoms with Crippen LogP contribution < -0.4 is 10.2 Å². The van der Waals surface area contributed by atoms with Crippen LogP contribution in [0.4, 0.5) is 10.1 Å². The molecule has 0 radical (unpaired) electrons. The lowest BCUT2D eigenvalue weighted by Gasteiger charge is -2.24. The van der Waals surface area contributed by atoms with Crippen LogP contribution in [0.1, 0.15) is 37.0 Å². The van der Waals surface area contributed by atoms with Gasteiger partial charge < -0.3 is 10.2 Å². The molecule has 3 aromatic rings. The Balaban J connectivity index is 1.73. The summed E-state index contributed by atoms with van der Waals surface area (Å²) in [5.74, 6) is -0.222. The highest BCUT2D eigenvalue weighted by Crippen LogP contribution is 2.22. The molecule has 1 aromatic heterocycles. The van der Waals surface area contributed by atoms with Gasteiger partial charge in [0.25, 0.3) is 0 Å². The van der Waals surface area contributed by atoms with Crippen molar-refractivity contribution in [1.82, 2.24) is 10.3 Å². The maximum absolute atomic E-state index is 13.3. The zero-order valence-corrected chi connectivity index (χ0v) is 18.4. The van der Waals surface area contributed by atoms with Crippen molar-refractivity contribution in [2.24, 2.45) is 5.92 Å². The summed E-state index contributed by atoms with van der Waals surface area (Å²) in [5.41, 5.74) is 3.30. The smallest absolute Gasteiger partial charge is 0.227 e. The van der Waals surface area contributed by atoms with E-state index in [9.17, 15) is 14.0 Å². The Hall–Kier alpha value is -3.54. The highest BCUT2D eigenvalue weighted by molar-refractivity contribution is 5.93. The van der Waals surface area contributed by atoms with Gasteiger partial charge in [0, 0.05) is 31.0 Å². The molecule has 0 aliphatic rings. The van der Waals surface area contributed by atoms with E-state index in [0.29, 0.717) is 19.5 Å². The lowest BCUT2D eigenvalue weighted by molar-refractivity contribution is -0.120. The van der Waals surface area contributed by atoms with Crippen molar-refractivity contribution in [2.75, 3.05) is 4.90 Å². The second-order valence-electron chi connectivity index (χ2n) is 8.19. The fourth-order valence-corrected chi connectivity index (χ4v) is 3.34. The van der Waals surface area contributed by atoms with E-state index >= 15 is 0 Å². The minimum absolute atomic E-state index is 0.0116. The molecular weight excluding hydrogens is 405 g/mol. The molecule has 6 heteroatoms. The molecular formula is C26H28FN3O2. The van der Waals surface area contributed by atoms with Gasteiger partial charge in [-0.3, -0.25) is 14.6 Å². The molecule has 0 aliphatic carbocycles. The number of hydrogen-bond acceptors (Lipinski definition) is 3. The van der Waals surface area contributed by atoms with Gasteiger partial charge in [-0.15, -0.1) is 0 Å². The number of nitrogens with zero attached hydrogens (tertiary/aromatic N) is 2. The first-order chi connectivity index (χ1) is 15.4. The van der Waals surface area contributed by atoms with Crippen molar-refractivity contribution in [3.05, 3.63) is 95.6 Å². The number of rotatable bonds is 9. The van der Waals surface area contributed by atoms with Gasteiger partial charge >= 0.3 is 0 Å². The summed E-state index contributed by atoms with van der Waals surface area (Å²) < 4.78 is 13.3. The molecule has 0 bridgehead atoms. The number of carbonyl (C=O) groups is 2. The maximum Gasteiger partial charge on any atom is 0.227 e. The summed E-state index contributed by atoms with van der Waals surface area (Å²) in [6.07, 6.45) is 4.01. The molecule has 1 N–H and O–H groups in total. The van der Waals surface area contributed by atoms with E-state index in [1.807, 2.05) is 50.2 Å². The highest BCUT2D eigenvalue weighted by atomic mass is 19.1. The van der Waals surface area contributed by atoms with E-state index in [4.69, 9.17) is 0 Å². The van der Waals surface area contributed by atoms with E-state index in [-0.39, 0.29) is 30.0 Å². The average molecular weight is 434 g/mol. The van der Waals surface area contributed by atoms with E-state index in [1.54, 1.807) is 29.4 Å². The summed E-state index contributed by atoms with van der Waals surface area (Å²) >= 11 is 0. The van der Waals surface area contributed by atoms with Crippen LogP contribution in [0, 0.1) is 11.7 Å². The molecule has 32 heavy (non-hydrogen) atoms. The normalized spacial score (nSPS) is 10.8. The molecule has 0 saturated heterocycles. The second kappa shape index (κ2) is 11.2. The highest BCUT2D eigenvalue weighted by Gasteiger charge is 2.18. The molecule has 0 saturated carbocycles. The predicted molar refractivity (Wildman–Crippen MR) is 123 cm³/mol. The molecule has 0 unspecified atom stereocenters. The van der Waals surface area contributed by atoms with Crippen molar-refractivity contribution in [3.8, 4) is 0 Å². The first kappa shape index (κ1) is 23.1. The Morgan fingerprint density at radius 1 is 1.00 bits per heavy atom. The summed E-state index contributed by atoms with van der Waals surface area (Å²) in [4.78, 5) is 31.1. The molecule has 3 rings (SSSR count). The fourth-order valence-electron chi connectivity index (χ4n) is 3.34. The van der Waals surface area contributed by atoms with Gasteiger partial charge in [-0.05, 0) is 52.9 Å². The van der Waals surface area contributed by atoms with Crippen LogP contribution in [0.15, 0.2) is 73.1 Å². The van der Waals surface area contributed by atoms with E-state index < -0.39 is 0 Å². The largest absolute Gasteiger partial charge is 0.352 e. The molecule has 2 amide bonds. The number of benzene rings is 2. The Labute approximate surface area is 188 Å². The zero-order valence-electron chi connectivity index (χ0n) is 18.4. The van der Waals surface area contributed by atoms with Crippen molar-refractivity contribution >= 4 is 17.5 Å². The van der Waals surface area contributed by atoms with Gasteiger partial charge in [-0.2, -0.15) is 0 Å². The number of pyridine rings is 1. The number of amides is 2. The molecule has 2 aromatic carbocycles. The second-order valence-corrected chi connectivity index (χ2v) is 8.19. The third-order valence-corrected chi connectivity index (χ3v) is 4.94. The number of hydrogen-bond donors (Lipinski definition) is 1. The zero-order chi connectivity index (χ0) is 22.9. The Morgan fingerprint density at radius 3 is 2.44 bits per heavy atom. The molecule has 0 fully saturated rings. The monoisotopic (exact) mass is 433 g/mol. The SMILES string of the molecule is CC(C)CC(=O)N(Cc1ccc(F)cc1)c1cccc(CC(=O)NCc2cccnc2)c1. The van der Waals surface area contributed by atoms with Crippen LogP contribution in [-0.2, 0) is 29.1 Å². The van der Waals surface area contributed by atoms with Gasteiger partial charge in [-0.25, -0.2) is 4.39 Å². The molecule has 0 spiro atoms. The van der Waals surface area contributed by atoms with Gasteiger partial charge in [0.2, 0.25) is 11.8 Å². The summed E-state index contributed by atoms with van der Waals surface area (Å²) in [5, 5.41) is 2.90. The lowest BCUT2D eigenvalue weighted by Crippen LogP contribution is -2.31. The minimum Gasteiger partial charge on any atom is -0.352 e. The summed E-state index contributed by atoms with van der Waals surface area (Å²) in [6, 6.07) is 17.3.